The molecule has 1 aromatic carbocycles. The standard InChI is InChI=1S/C22H23N3O3/c26-22(24-21-5-4-18(13-23-21)25-6-8-27-9-7-25)12-17-14-28-20-11-16-3-1-2-15(16)10-19(17)20/h4-5,10-11,13-14H,1-3,6-9,12H2,(H,23,24,26). The molecule has 5 rings (SSSR count). The van der Waals surface area contributed by atoms with Gasteiger partial charge < -0.3 is 19.4 Å². The topological polar surface area (TPSA) is 67.6 Å². The van der Waals surface area contributed by atoms with Crippen LogP contribution in [-0.2, 0) is 28.8 Å². The lowest BCUT2D eigenvalue weighted by Crippen LogP contribution is -2.36. The van der Waals surface area contributed by atoms with Crippen LogP contribution in [0.3, 0.4) is 0 Å². The minimum atomic E-state index is -0.0881. The van der Waals surface area contributed by atoms with E-state index in [-0.39, 0.29) is 12.3 Å². The van der Waals surface area contributed by atoms with Crippen molar-refractivity contribution in [3.63, 3.8) is 0 Å². The van der Waals surface area contributed by atoms with Crippen LogP contribution in [0.2, 0.25) is 0 Å². The van der Waals surface area contributed by atoms with Crippen LogP contribution in [0, 0.1) is 0 Å². The highest BCUT2D eigenvalue weighted by Crippen LogP contribution is 2.30. The number of anilines is 2. The fourth-order valence-corrected chi connectivity index (χ4v) is 4.11. The number of nitrogens with one attached hydrogen (secondary N) is 1. The summed E-state index contributed by atoms with van der Waals surface area (Å²) >= 11 is 0. The average molecular weight is 377 g/mol. The van der Waals surface area contributed by atoms with Gasteiger partial charge in [-0.05, 0) is 54.7 Å². The van der Waals surface area contributed by atoms with Crippen LogP contribution >= 0.6 is 0 Å². The summed E-state index contributed by atoms with van der Waals surface area (Å²) in [7, 11) is 0. The highest BCUT2D eigenvalue weighted by Gasteiger charge is 2.17. The molecule has 0 bridgehead atoms. The maximum atomic E-state index is 12.5. The monoisotopic (exact) mass is 377 g/mol. The molecule has 0 unspecified atom stereocenters. The number of nitrogens with zero attached hydrogens (tertiary/aromatic N) is 2. The number of amides is 1. The Bertz CT molecular complexity index is 1000. The Labute approximate surface area is 163 Å². The molecule has 28 heavy (non-hydrogen) atoms. The number of ether oxygens (including phenoxy) is 1. The van der Waals surface area contributed by atoms with Gasteiger partial charge in [0.2, 0.25) is 5.91 Å². The van der Waals surface area contributed by atoms with Crippen molar-refractivity contribution in [3.05, 3.63) is 53.4 Å². The Morgan fingerprint density at radius 3 is 2.75 bits per heavy atom. The van der Waals surface area contributed by atoms with Crippen molar-refractivity contribution in [1.82, 2.24) is 4.98 Å². The number of morpholine rings is 1. The molecule has 2 aliphatic rings. The molecule has 6 heteroatoms. The minimum Gasteiger partial charge on any atom is -0.464 e. The molecule has 2 aromatic heterocycles. The fourth-order valence-electron chi connectivity index (χ4n) is 4.11. The van der Waals surface area contributed by atoms with E-state index < -0.39 is 0 Å². The average Bonchev–Trinajstić information content (AvgIpc) is 3.34. The number of pyridine rings is 1. The first kappa shape index (κ1) is 17.3. The molecule has 1 fully saturated rings. The molecule has 1 N–H and O–H groups in total. The van der Waals surface area contributed by atoms with E-state index in [2.05, 4.69) is 27.3 Å². The lowest BCUT2D eigenvalue weighted by Gasteiger charge is -2.28. The number of fused-ring (bicyclic) bond motifs is 2. The molecule has 0 radical (unpaired) electrons. The van der Waals surface area contributed by atoms with Crippen LogP contribution in [-0.4, -0.2) is 37.2 Å². The molecule has 0 spiro atoms. The lowest BCUT2D eigenvalue weighted by molar-refractivity contribution is -0.115. The Hall–Kier alpha value is -2.86. The molecule has 1 amide bonds. The van der Waals surface area contributed by atoms with E-state index in [1.807, 2.05) is 12.1 Å². The number of benzene rings is 1. The summed E-state index contributed by atoms with van der Waals surface area (Å²) in [5.74, 6) is 0.477. The number of hydrogen-bond donors (Lipinski definition) is 1. The fraction of sp³-hybridized carbons (Fsp3) is 0.364. The third kappa shape index (κ3) is 3.36. The van der Waals surface area contributed by atoms with Gasteiger partial charge in [0.15, 0.2) is 0 Å². The molecule has 1 aliphatic carbocycles. The molecule has 3 aromatic rings. The summed E-state index contributed by atoms with van der Waals surface area (Å²) in [6.07, 6.45) is 7.21. The van der Waals surface area contributed by atoms with Crippen LogP contribution in [0.4, 0.5) is 11.5 Å². The number of aryl methyl sites for hydroxylation is 2. The molecule has 3 heterocycles. The minimum absolute atomic E-state index is 0.0881. The second-order valence-corrected chi connectivity index (χ2v) is 7.46. The quantitative estimate of drug-likeness (QED) is 0.755. The van der Waals surface area contributed by atoms with Crippen molar-refractivity contribution in [2.75, 3.05) is 36.5 Å². The van der Waals surface area contributed by atoms with Gasteiger partial charge in [-0.1, -0.05) is 0 Å². The van der Waals surface area contributed by atoms with Gasteiger partial charge in [-0.25, -0.2) is 4.98 Å². The van der Waals surface area contributed by atoms with E-state index >= 15 is 0 Å². The van der Waals surface area contributed by atoms with Crippen LogP contribution in [0.5, 0.6) is 0 Å². The maximum Gasteiger partial charge on any atom is 0.230 e. The molecular weight excluding hydrogens is 354 g/mol. The zero-order chi connectivity index (χ0) is 18.9. The van der Waals surface area contributed by atoms with E-state index in [0.717, 1.165) is 61.4 Å². The van der Waals surface area contributed by atoms with Gasteiger partial charge in [0.1, 0.15) is 11.4 Å². The summed E-state index contributed by atoms with van der Waals surface area (Å²) in [6.45, 7) is 3.20. The zero-order valence-electron chi connectivity index (χ0n) is 15.7. The Balaban J connectivity index is 1.27. The summed E-state index contributed by atoms with van der Waals surface area (Å²) in [5.41, 5.74) is 5.61. The number of carbonyl (C=O) groups is 1. The van der Waals surface area contributed by atoms with Crippen molar-refractivity contribution < 1.29 is 13.9 Å². The summed E-state index contributed by atoms with van der Waals surface area (Å²) in [5, 5.41) is 3.94. The van der Waals surface area contributed by atoms with Crippen LogP contribution < -0.4 is 10.2 Å². The molecular formula is C22H23N3O3. The van der Waals surface area contributed by atoms with Crippen molar-refractivity contribution in [2.24, 2.45) is 0 Å². The van der Waals surface area contributed by atoms with Gasteiger partial charge in [0, 0.05) is 24.0 Å². The normalized spacial score (nSPS) is 16.4. The van der Waals surface area contributed by atoms with Gasteiger partial charge in [-0.3, -0.25) is 4.79 Å². The van der Waals surface area contributed by atoms with Gasteiger partial charge in [-0.2, -0.15) is 0 Å². The Kier molecular flexibility index (Phi) is 4.49. The van der Waals surface area contributed by atoms with Crippen molar-refractivity contribution in [1.29, 1.82) is 0 Å². The third-order valence-corrected chi connectivity index (χ3v) is 5.61. The highest BCUT2D eigenvalue weighted by molar-refractivity contribution is 5.95. The lowest BCUT2D eigenvalue weighted by atomic mass is 10.0. The zero-order valence-corrected chi connectivity index (χ0v) is 15.7. The third-order valence-electron chi connectivity index (χ3n) is 5.61. The predicted octanol–water partition coefficient (Wildman–Crippen LogP) is 3.33. The number of carbonyl (C=O) groups excluding carboxylic acids is 1. The first-order valence-corrected chi connectivity index (χ1v) is 9.87. The molecule has 0 atom stereocenters. The largest absolute Gasteiger partial charge is 0.464 e. The Morgan fingerprint density at radius 1 is 1.14 bits per heavy atom. The maximum absolute atomic E-state index is 12.5. The van der Waals surface area contributed by atoms with Crippen molar-refractivity contribution in [2.45, 2.75) is 25.7 Å². The number of hydrogen-bond acceptors (Lipinski definition) is 5. The van der Waals surface area contributed by atoms with Crippen LogP contribution in [0.15, 0.2) is 41.1 Å². The van der Waals surface area contributed by atoms with E-state index in [0.29, 0.717) is 5.82 Å². The van der Waals surface area contributed by atoms with E-state index in [1.54, 1.807) is 12.5 Å². The molecule has 6 nitrogen and oxygen atoms in total. The van der Waals surface area contributed by atoms with E-state index in [4.69, 9.17) is 9.15 Å². The predicted molar refractivity (Wildman–Crippen MR) is 108 cm³/mol. The summed E-state index contributed by atoms with van der Waals surface area (Å²) in [4.78, 5) is 19.2. The summed E-state index contributed by atoms with van der Waals surface area (Å²) in [6, 6.07) is 8.16. The first-order chi connectivity index (χ1) is 13.8. The smallest absolute Gasteiger partial charge is 0.230 e. The van der Waals surface area contributed by atoms with E-state index in [9.17, 15) is 4.79 Å². The van der Waals surface area contributed by atoms with Gasteiger partial charge >= 0.3 is 0 Å². The Morgan fingerprint density at radius 2 is 1.96 bits per heavy atom. The molecule has 144 valence electrons. The van der Waals surface area contributed by atoms with Gasteiger partial charge in [0.05, 0.1) is 37.8 Å². The molecule has 1 aliphatic heterocycles. The van der Waals surface area contributed by atoms with Crippen LogP contribution in [0.1, 0.15) is 23.1 Å². The van der Waals surface area contributed by atoms with Gasteiger partial charge in [-0.15, -0.1) is 0 Å². The number of furan rings is 1. The van der Waals surface area contributed by atoms with Crippen molar-refractivity contribution >= 4 is 28.4 Å². The summed E-state index contributed by atoms with van der Waals surface area (Å²) < 4.78 is 11.1. The van der Waals surface area contributed by atoms with Gasteiger partial charge in [0.25, 0.3) is 0 Å². The first-order valence-electron chi connectivity index (χ1n) is 9.87. The highest BCUT2D eigenvalue weighted by atomic mass is 16.5. The molecule has 0 saturated carbocycles. The SMILES string of the molecule is O=C(Cc1coc2cc3c(cc12)CCC3)Nc1ccc(N2CCOCC2)cn1. The van der Waals surface area contributed by atoms with Crippen molar-refractivity contribution in [3.8, 4) is 0 Å². The molecule has 1 saturated heterocycles. The second-order valence-electron chi connectivity index (χ2n) is 7.46. The van der Waals surface area contributed by atoms with Crippen LogP contribution in [0.25, 0.3) is 11.0 Å². The van der Waals surface area contributed by atoms with E-state index in [1.165, 1.54) is 17.5 Å². The second kappa shape index (κ2) is 7.28. The number of rotatable bonds is 4. The number of aromatic nitrogens is 1.